The van der Waals surface area contributed by atoms with E-state index in [1.165, 1.54) is 0 Å². The van der Waals surface area contributed by atoms with Crippen LogP contribution in [0.3, 0.4) is 0 Å². The Bertz CT molecular complexity index is 115. The van der Waals surface area contributed by atoms with Crippen LogP contribution in [0.15, 0.2) is 0 Å². The van der Waals surface area contributed by atoms with Gasteiger partial charge in [-0.15, -0.1) is 0 Å². The molecule has 8 heavy (non-hydrogen) atoms. The van der Waals surface area contributed by atoms with E-state index in [0.717, 1.165) is 4.99 Å². The topological polar surface area (TPSA) is 21.3 Å². The van der Waals surface area contributed by atoms with Crippen molar-refractivity contribution in [3.63, 3.8) is 0 Å². The number of nitrogens with one attached hydrogen (secondary N) is 1. The molecule has 0 aliphatic carbocycles. The lowest BCUT2D eigenvalue weighted by molar-refractivity contribution is 0.0441. The lowest BCUT2D eigenvalue weighted by Gasteiger charge is -2.00. The third kappa shape index (κ3) is 0.833. The highest BCUT2D eigenvalue weighted by Crippen LogP contribution is 2.12. The van der Waals surface area contributed by atoms with E-state index in [-0.39, 0.29) is 6.10 Å². The largest absolute Gasteiger partial charge is 0.272 e. The van der Waals surface area contributed by atoms with Gasteiger partial charge in [0.1, 0.15) is 4.99 Å². The first-order valence-corrected chi connectivity index (χ1v) is 3.08. The Hall–Kier alpha value is -0.150. The predicted octanol–water partition coefficient (Wildman–Crippen LogP) is 0.873. The van der Waals surface area contributed by atoms with Crippen molar-refractivity contribution < 1.29 is 4.84 Å². The van der Waals surface area contributed by atoms with Crippen LogP contribution in [0.25, 0.3) is 0 Å². The predicted molar refractivity (Wildman–Crippen MR) is 35.4 cm³/mol. The Kier molecular flexibility index (Phi) is 1.49. The van der Waals surface area contributed by atoms with Gasteiger partial charge in [-0.1, -0.05) is 19.1 Å². The van der Waals surface area contributed by atoms with Crippen molar-refractivity contribution in [2.45, 2.75) is 20.0 Å². The van der Waals surface area contributed by atoms with Gasteiger partial charge in [0.05, 0.1) is 6.10 Å². The van der Waals surface area contributed by atoms with Gasteiger partial charge in [-0.25, -0.2) is 0 Å². The molecule has 2 atom stereocenters. The standard InChI is InChI=1S/C5H9NOS/c1-3-4(2)7-6-5(3)8/h3-4H,1-2H3,(H,6,8)/t3?,4-/m0/s1. The summed E-state index contributed by atoms with van der Waals surface area (Å²) in [6, 6.07) is 0. The molecule has 0 radical (unpaired) electrons. The number of hydroxylamine groups is 1. The van der Waals surface area contributed by atoms with Crippen molar-refractivity contribution in [1.29, 1.82) is 0 Å². The fourth-order valence-electron chi connectivity index (χ4n) is 0.559. The molecule has 1 unspecified atom stereocenters. The highest BCUT2D eigenvalue weighted by atomic mass is 32.1. The summed E-state index contributed by atoms with van der Waals surface area (Å²) in [5.41, 5.74) is 2.65. The summed E-state index contributed by atoms with van der Waals surface area (Å²) in [4.78, 5) is 5.80. The van der Waals surface area contributed by atoms with Crippen LogP contribution in [0.2, 0.25) is 0 Å². The van der Waals surface area contributed by atoms with Gasteiger partial charge in [0.2, 0.25) is 0 Å². The van der Waals surface area contributed by atoms with Crippen LogP contribution in [-0.4, -0.2) is 11.1 Å². The average molecular weight is 131 g/mol. The maximum absolute atomic E-state index is 4.99. The van der Waals surface area contributed by atoms with E-state index >= 15 is 0 Å². The fourth-order valence-corrected chi connectivity index (χ4v) is 0.799. The van der Waals surface area contributed by atoms with E-state index in [1.807, 2.05) is 13.8 Å². The summed E-state index contributed by atoms with van der Waals surface area (Å²) in [6.45, 7) is 4.05. The normalized spacial score (nSPS) is 37.5. The molecule has 2 nitrogen and oxygen atoms in total. The summed E-state index contributed by atoms with van der Waals surface area (Å²) < 4.78 is 0. The van der Waals surface area contributed by atoms with Gasteiger partial charge in [-0.3, -0.25) is 10.3 Å². The first-order valence-electron chi connectivity index (χ1n) is 2.67. The van der Waals surface area contributed by atoms with E-state index in [2.05, 4.69) is 5.48 Å². The molecule has 1 heterocycles. The number of thiocarbonyl (C=S) groups is 1. The Morgan fingerprint density at radius 3 is 2.38 bits per heavy atom. The third-order valence-corrected chi connectivity index (χ3v) is 1.92. The van der Waals surface area contributed by atoms with Crippen LogP contribution in [0, 0.1) is 5.92 Å². The minimum atomic E-state index is 0.238. The monoisotopic (exact) mass is 131 g/mol. The first kappa shape index (κ1) is 5.98. The summed E-state index contributed by atoms with van der Waals surface area (Å²) in [7, 11) is 0. The van der Waals surface area contributed by atoms with Gasteiger partial charge in [-0.05, 0) is 6.92 Å². The number of hydrogen-bond donors (Lipinski definition) is 1. The third-order valence-electron chi connectivity index (χ3n) is 1.46. The smallest absolute Gasteiger partial charge is 0.106 e. The summed E-state index contributed by atoms with van der Waals surface area (Å²) in [5.74, 6) is 0.380. The second-order valence-electron chi connectivity index (χ2n) is 2.08. The molecule has 0 bridgehead atoms. The fraction of sp³-hybridized carbons (Fsp3) is 0.800. The average Bonchev–Trinajstić information content (AvgIpc) is 1.98. The zero-order valence-electron chi connectivity index (χ0n) is 4.97. The molecule has 1 saturated heterocycles. The molecule has 1 aliphatic rings. The molecule has 1 rings (SSSR count). The molecular weight excluding hydrogens is 122 g/mol. The molecule has 0 aromatic rings. The maximum atomic E-state index is 4.99. The lowest BCUT2D eigenvalue weighted by Crippen LogP contribution is -2.14. The van der Waals surface area contributed by atoms with Gasteiger partial charge < -0.3 is 0 Å². The van der Waals surface area contributed by atoms with Crippen molar-refractivity contribution in [1.82, 2.24) is 5.48 Å². The molecule has 0 aromatic carbocycles. The van der Waals surface area contributed by atoms with Gasteiger partial charge >= 0.3 is 0 Å². The summed E-state index contributed by atoms with van der Waals surface area (Å²) in [6.07, 6.45) is 0.238. The van der Waals surface area contributed by atoms with Crippen molar-refractivity contribution >= 4 is 17.2 Å². The SMILES string of the molecule is CC1C(=S)NO[C@H]1C. The summed E-state index contributed by atoms with van der Waals surface area (Å²) in [5, 5.41) is 0. The Morgan fingerprint density at radius 1 is 1.62 bits per heavy atom. The van der Waals surface area contributed by atoms with Gasteiger partial charge in [0.25, 0.3) is 0 Å². The summed E-state index contributed by atoms with van der Waals surface area (Å²) >= 11 is 4.88. The lowest BCUT2D eigenvalue weighted by atomic mass is 10.1. The van der Waals surface area contributed by atoms with Crippen LogP contribution >= 0.6 is 12.2 Å². The Labute approximate surface area is 54.2 Å². The molecular formula is C5H9NOS. The molecule has 0 saturated carbocycles. The zero-order valence-corrected chi connectivity index (χ0v) is 5.79. The van der Waals surface area contributed by atoms with Crippen molar-refractivity contribution in [2.75, 3.05) is 0 Å². The quantitative estimate of drug-likeness (QED) is 0.493. The van der Waals surface area contributed by atoms with Gasteiger partial charge in [-0.2, -0.15) is 0 Å². The van der Waals surface area contributed by atoms with E-state index < -0.39 is 0 Å². The second-order valence-corrected chi connectivity index (χ2v) is 2.52. The molecule has 1 N–H and O–H groups in total. The molecule has 0 aromatic heterocycles. The van der Waals surface area contributed by atoms with E-state index in [9.17, 15) is 0 Å². The van der Waals surface area contributed by atoms with Crippen LogP contribution in [-0.2, 0) is 4.84 Å². The second kappa shape index (κ2) is 1.99. The zero-order chi connectivity index (χ0) is 6.15. The van der Waals surface area contributed by atoms with Crippen molar-refractivity contribution in [3.05, 3.63) is 0 Å². The van der Waals surface area contributed by atoms with E-state index in [4.69, 9.17) is 17.1 Å². The Morgan fingerprint density at radius 2 is 2.25 bits per heavy atom. The molecule has 46 valence electrons. The van der Waals surface area contributed by atoms with Crippen molar-refractivity contribution in [2.24, 2.45) is 5.92 Å². The van der Waals surface area contributed by atoms with Gasteiger partial charge in [0, 0.05) is 5.92 Å². The maximum Gasteiger partial charge on any atom is 0.106 e. The van der Waals surface area contributed by atoms with Crippen LogP contribution in [0.4, 0.5) is 0 Å². The number of hydrogen-bond acceptors (Lipinski definition) is 2. The first-order chi connectivity index (χ1) is 3.72. The molecule has 1 aliphatic heterocycles. The molecule has 3 heteroatoms. The number of rotatable bonds is 0. The molecule has 0 spiro atoms. The van der Waals surface area contributed by atoms with Gasteiger partial charge in [0.15, 0.2) is 0 Å². The highest BCUT2D eigenvalue weighted by Gasteiger charge is 2.24. The van der Waals surface area contributed by atoms with Crippen molar-refractivity contribution in [3.8, 4) is 0 Å². The highest BCUT2D eigenvalue weighted by molar-refractivity contribution is 7.80. The van der Waals surface area contributed by atoms with Crippen LogP contribution in [0.5, 0.6) is 0 Å². The van der Waals surface area contributed by atoms with E-state index in [0.29, 0.717) is 5.92 Å². The minimum Gasteiger partial charge on any atom is -0.272 e. The molecule has 0 amide bonds. The Balaban J connectivity index is 2.56. The van der Waals surface area contributed by atoms with Crippen LogP contribution < -0.4 is 5.48 Å². The van der Waals surface area contributed by atoms with E-state index in [1.54, 1.807) is 0 Å². The van der Waals surface area contributed by atoms with Crippen LogP contribution in [0.1, 0.15) is 13.8 Å². The molecule has 1 fully saturated rings. The minimum absolute atomic E-state index is 0.238.